The van der Waals surface area contributed by atoms with E-state index in [1.807, 2.05) is 0 Å². The van der Waals surface area contributed by atoms with Gasteiger partial charge in [0, 0.05) is 33.5 Å². The third kappa shape index (κ3) is 7.29. The van der Waals surface area contributed by atoms with Crippen LogP contribution in [0.25, 0.3) is 0 Å². The lowest BCUT2D eigenvalue weighted by Crippen LogP contribution is -2.47. The van der Waals surface area contributed by atoms with Gasteiger partial charge in [-0.3, -0.25) is 9.59 Å². The summed E-state index contributed by atoms with van der Waals surface area (Å²) in [5.74, 6) is -1.59. The third-order valence-corrected chi connectivity index (χ3v) is 2.17. The zero-order valence-electron chi connectivity index (χ0n) is 10.3. The molecule has 0 aliphatic heterocycles. The smallest absolute Gasteiger partial charge is 0.327 e. The van der Waals surface area contributed by atoms with Crippen molar-refractivity contribution in [2.75, 3.05) is 27.2 Å². The predicted octanol–water partition coefficient (Wildman–Crippen LogP) is -1.36. The SMILES string of the molecule is CNC(=O)CCN(C)CC(NC(C)=O)C(=O)O. The highest BCUT2D eigenvalue weighted by Gasteiger charge is 2.20. The van der Waals surface area contributed by atoms with Crippen LogP contribution in [0.2, 0.25) is 0 Å². The summed E-state index contributed by atoms with van der Waals surface area (Å²) in [4.78, 5) is 34.3. The summed E-state index contributed by atoms with van der Waals surface area (Å²) < 4.78 is 0. The van der Waals surface area contributed by atoms with Crippen molar-refractivity contribution >= 4 is 17.8 Å². The van der Waals surface area contributed by atoms with Gasteiger partial charge >= 0.3 is 5.97 Å². The van der Waals surface area contributed by atoms with Gasteiger partial charge in [0.2, 0.25) is 11.8 Å². The summed E-state index contributed by atoms with van der Waals surface area (Å²) in [5, 5.41) is 13.7. The maximum atomic E-state index is 11.0. The first-order valence-electron chi connectivity index (χ1n) is 5.25. The zero-order valence-corrected chi connectivity index (χ0v) is 10.3. The molecule has 0 aromatic heterocycles. The summed E-state index contributed by atoms with van der Waals surface area (Å²) in [6.45, 7) is 1.86. The molecule has 98 valence electrons. The number of carbonyl (C=O) groups is 3. The number of carbonyl (C=O) groups excluding carboxylic acids is 2. The van der Waals surface area contributed by atoms with E-state index in [0.717, 1.165) is 0 Å². The van der Waals surface area contributed by atoms with Crippen molar-refractivity contribution in [2.24, 2.45) is 0 Å². The standard InChI is InChI=1S/C10H19N3O4/c1-7(14)12-8(10(16)17)6-13(3)5-4-9(15)11-2/h8H,4-6H2,1-3H3,(H,11,15)(H,12,14)(H,16,17). The molecule has 0 spiro atoms. The number of hydrogen-bond donors (Lipinski definition) is 3. The second kappa shape index (κ2) is 7.61. The molecule has 7 heteroatoms. The Balaban J connectivity index is 4.12. The first-order chi connectivity index (χ1) is 7.86. The van der Waals surface area contributed by atoms with Crippen molar-refractivity contribution in [2.45, 2.75) is 19.4 Å². The van der Waals surface area contributed by atoms with Crippen molar-refractivity contribution in [3.05, 3.63) is 0 Å². The van der Waals surface area contributed by atoms with Crippen molar-refractivity contribution < 1.29 is 19.5 Å². The average molecular weight is 245 g/mol. The van der Waals surface area contributed by atoms with Crippen LogP contribution in [-0.4, -0.2) is 61.0 Å². The Morgan fingerprint density at radius 1 is 1.35 bits per heavy atom. The highest BCUT2D eigenvalue weighted by Crippen LogP contribution is 1.93. The Hall–Kier alpha value is -1.63. The molecule has 1 atom stereocenters. The number of nitrogens with zero attached hydrogens (tertiary/aromatic N) is 1. The number of rotatable bonds is 7. The molecule has 0 saturated carbocycles. The lowest BCUT2D eigenvalue weighted by molar-refractivity contribution is -0.142. The zero-order chi connectivity index (χ0) is 13.4. The number of amides is 2. The molecule has 0 heterocycles. The molecule has 0 aliphatic carbocycles. The van der Waals surface area contributed by atoms with Crippen LogP contribution in [0.5, 0.6) is 0 Å². The van der Waals surface area contributed by atoms with Gasteiger partial charge in [0.05, 0.1) is 0 Å². The van der Waals surface area contributed by atoms with Crippen LogP contribution in [-0.2, 0) is 14.4 Å². The monoisotopic (exact) mass is 245 g/mol. The van der Waals surface area contributed by atoms with Crippen molar-refractivity contribution in [3.8, 4) is 0 Å². The van der Waals surface area contributed by atoms with Crippen LogP contribution in [0.3, 0.4) is 0 Å². The lowest BCUT2D eigenvalue weighted by atomic mass is 10.2. The van der Waals surface area contributed by atoms with Gasteiger partial charge in [0.15, 0.2) is 0 Å². The summed E-state index contributed by atoms with van der Waals surface area (Å²) in [6.07, 6.45) is 0.291. The molecule has 0 rings (SSSR count). The molecule has 0 aromatic carbocycles. The van der Waals surface area contributed by atoms with E-state index in [1.54, 1.807) is 19.0 Å². The van der Waals surface area contributed by atoms with Crippen LogP contribution in [0.1, 0.15) is 13.3 Å². The van der Waals surface area contributed by atoms with E-state index in [9.17, 15) is 14.4 Å². The van der Waals surface area contributed by atoms with Gasteiger partial charge in [0.1, 0.15) is 6.04 Å². The minimum Gasteiger partial charge on any atom is -0.480 e. The lowest BCUT2D eigenvalue weighted by Gasteiger charge is -2.21. The summed E-state index contributed by atoms with van der Waals surface area (Å²) in [6, 6.07) is -0.956. The number of carboxylic acid groups (broad SMARTS) is 1. The summed E-state index contributed by atoms with van der Waals surface area (Å²) in [7, 11) is 3.24. The molecule has 0 radical (unpaired) electrons. The van der Waals surface area contributed by atoms with Crippen LogP contribution < -0.4 is 10.6 Å². The Kier molecular flexibility index (Phi) is 6.88. The number of likely N-dealkylation sites (N-methyl/N-ethyl adjacent to an activating group) is 1. The molecule has 0 fully saturated rings. The molecule has 3 N–H and O–H groups in total. The molecule has 2 amide bonds. The molecule has 0 bridgehead atoms. The maximum absolute atomic E-state index is 11.0. The predicted molar refractivity (Wildman–Crippen MR) is 61.4 cm³/mol. The molecular weight excluding hydrogens is 226 g/mol. The highest BCUT2D eigenvalue weighted by atomic mass is 16.4. The van der Waals surface area contributed by atoms with Crippen LogP contribution in [0.4, 0.5) is 0 Å². The topological polar surface area (TPSA) is 98.7 Å². The van der Waals surface area contributed by atoms with Crippen molar-refractivity contribution in [1.29, 1.82) is 0 Å². The Bertz CT molecular complexity index is 293. The van der Waals surface area contributed by atoms with Gasteiger partial charge in [-0.05, 0) is 7.05 Å². The van der Waals surface area contributed by atoms with Gasteiger partial charge in [-0.25, -0.2) is 4.79 Å². The molecule has 7 nitrogen and oxygen atoms in total. The first-order valence-corrected chi connectivity index (χ1v) is 5.25. The van der Waals surface area contributed by atoms with E-state index < -0.39 is 17.9 Å². The van der Waals surface area contributed by atoms with Crippen LogP contribution >= 0.6 is 0 Å². The molecular formula is C10H19N3O4. The van der Waals surface area contributed by atoms with E-state index in [0.29, 0.717) is 13.0 Å². The molecule has 0 aliphatic rings. The maximum Gasteiger partial charge on any atom is 0.327 e. The van der Waals surface area contributed by atoms with E-state index in [2.05, 4.69) is 10.6 Å². The largest absolute Gasteiger partial charge is 0.480 e. The van der Waals surface area contributed by atoms with Crippen LogP contribution in [0.15, 0.2) is 0 Å². The normalized spacial score (nSPS) is 12.0. The minimum atomic E-state index is -1.09. The molecule has 0 saturated heterocycles. The average Bonchev–Trinajstić information content (AvgIpc) is 2.24. The Morgan fingerprint density at radius 3 is 2.35 bits per heavy atom. The number of carboxylic acids is 1. The second-order valence-corrected chi connectivity index (χ2v) is 3.78. The molecule has 0 aromatic rings. The highest BCUT2D eigenvalue weighted by molar-refractivity contribution is 5.82. The summed E-state index contributed by atoms with van der Waals surface area (Å²) >= 11 is 0. The first kappa shape index (κ1) is 15.4. The fourth-order valence-electron chi connectivity index (χ4n) is 1.25. The number of aliphatic carboxylic acids is 1. The fourth-order valence-corrected chi connectivity index (χ4v) is 1.25. The van der Waals surface area contributed by atoms with Gasteiger partial charge in [-0.15, -0.1) is 0 Å². The van der Waals surface area contributed by atoms with Gasteiger partial charge in [-0.1, -0.05) is 0 Å². The molecule has 1 unspecified atom stereocenters. The van der Waals surface area contributed by atoms with Gasteiger partial charge in [-0.2, -0.15) is 0 Å². The van der Waals surface area contributed by atoms with Crippen molar-refractivity contribution in [3.63, 3.8) is 0 Å². The Morgan fingerprint density at radius 2 is 1.94 bits per heavy atom. The second-order valence-electron chi connectivity index (χ2n) is 3.78. The van der Waals surface area contributed by atoms with E-state index in [1.165, 1.54) is 6.92 Å². The molecule has 17 heavy (non-hydrogen) atoms. The van der Waals surface area contributed by atoms with E-state index in [-0.39, 0.29) is 12.5 Å². The summed E-state index contributed by atoms with van der Waals surface area (Å²) in [5.41, 5.74) is 0. The number of hydrogen-bond acceptors (Lipinski definition) is 4. The van der Waals surface area contributed by atoms with Gasteiger partial charge in [0.25, 0.3) is 0 Å². The third-order valence-electron chi connectivity index (χ3n) is 2.17. The van der Waals surface area contributed by atoms with Crippen LogP contribution in [0, 0.1) is 0 Å². The minimum absolute atomic E-state index is 0.108. The van der Waals surface area contributed by atoms with E-state index >= 15 is 0 Å². The quantitative estimate of drug-likeness (QED) is 0.515. The van der Waals surface area contributed by atoms with E-state index in [4.69, 9.17) is 5.11 Å². The van der Waals surface area contributed by atoms with Gasteiger partial charge < -0.3 is 20.6 Å². The number of nitrogens with one attached hydrogen (secondary N) is 2. The fraction of sp³-hybridized carbons (Fsp3) is 0.700. The Labute approximate surface area is 100 Å². The van der Waals surface area contributed by atoms with Crippen molar-refractivity contribution in [1.82, 2.24) is 15.5 Å².